The number of carbonyl (C=O) groups is 1. The fraction of sp³-hybridized carbons (Fsp3) is 0.556. The van der Waals surface area contributed by atoms with Crippen LogP contribution in [0.5, 0.6) is 0 Å². The molecule has 0 radical (unpaired) electrons. The molecule has 1 rings (SSSR count). The third-order valence-electron chi connectivity index (χ3n) is 1.74. The molecule has 0 aliphatic heterocycles. The van der Waals surface area contributed by atoms with E-state index in [9.17, 15) is 4.79 Å². The highest BCUT2D eigenvalue weighted by atomic mass is 16.1. The molecule has 15 heavy (non-hydrogen) atoms. The van der Waals surface area contributed by atoms with Gasteiger partial charge in [-0.3, -0.25) is 10.1 Å². The van der Waals surface area contributed by atoms with Crippen molar-refractivity contribution in [2.75, 3.05) is 11.1 Å². The van der Waals surface area contributed by atoms with E-state index in [0.717, 1.165) is 12.8 Å². The molecule has 1 amide bonds. The van der Waals surface area contributed by atoms with Crippen LogP contribution in [0.2, 0.25) is 0 Å². The first-order valence-electron chi connectivity index (χ1n) is 4.96. The van der Waals surface area contributed by atoms with E-state index in [2.05, 4.69) is 20.3 Å². The minimum atomic E-state index is -0.136. The van der Waals surface area contributed by atoms with E-state index in [1.807, 2.05) is 6.92 Å². The molecule has 0 aromatic carbocycles. The van der Waals surface area contributed by atoms with Gasteiger partial charge >= 0.3 is 0 Å². The Morgan fingerprint density at radius 3 is 2.67 bits per heavy atom. The van der Waals surface area contributed by atoms with E-state index < -0.39 is 0 Å². The summed E-state index contributed by atoms with van der Waals surface area (Å²) in [4.78, 5) is 23.0. The number of aromatic nitrogens is 3. The molecule has 0 bridgehead atoms. The van der Waals surface area contributed by atoms with E-state index in [0.29, 0.717) is 12.2 Å². The van der Waals surface area contributed by atoms with Crippen molar-refractivity contribution >= 4 is 17.8 Å². The van der Waals surface area contributed by atoms with Crippen molar-refractivity contribution in [3.8, 4) is 0 Å². The normalized spacial score (nSPS) is 10.0. The van der Waals surface area contributed by atoms with E-state index in [-0.39, 0.29) is 17.8 Å². The average Bonchev–Trinajstić information content (AvgIpc) is 2.17. The third kappa shape index (κ3) is 3.49. The Kier molecular flexibility index (Phi) is 3.96. The van der Waals surface area contributed by atoms with Crippen molar-refractivity contribution in [1.82, 2.24) is 15.0 Å². The molecule has 82 valence electrons. The lowest BCUT2D eigenvalue weighted by atomic mass is 10.3. The summed E-state index contributed by atoms with van der Waals surface area (Å²) in [6.45, 7) is 3.77. The monoisotopic (exact) mass is 209 g/mol. The largest absolute Gasteiger partial charge is 0.368 e. The van der Waals surface area contributed by atoms with Crippen LogP contribution in [0.25, 0.3) is 0 Å². The molecule has 3 N–H and O–H groups in total. The van der Waals surface area contributed by atoms with Gasteiger partial charge in [-0.2, -0.15) is 15.0 Å². The summed E-state index contributed by atoms with van der Waals surface area (Å²) in [7, 11) is 0. The summed E-state index contributed by atoms with van der Waals surface area (Å²) in [5.74, 6) is 0.845. The van der Waals surface area contributed by atoms with E-state index in [4.69, 9.17) is 5.73 Å². The lowest BCUT2D eigenvalue weighted by Gasteiger charge is -2.04. The fourth-order valence-electron chi connectivity index (χ4n) is 1.04. The van der Waals surface area contributed by atoms with Gasteiger partial charge in [0.25, 0.3) is 0 Å². The first-order valence-corrected chi connectivity index (χ1v) is 4.96. The Bertz CT molecular complexity index is 352. The number of anilines is 2. The standard InChI is InChI=1S/C9H15N5O/c1-3-5-6-11-8(10)14-9(12-6)13-7(15)4-2/h3-5H2,1-2H3,(H3,10,11,12,13,14,15). The van der Waals surface area contributed by atoms with Crippen LogP contribution >= 0.6 is 0 Å². The minimum Gasteiger partial charge on any atom is -0.368 e. The Balaban J connectivity index is 2.83. The molecule has 0 aliphatic rings. The van der Waals surface area contributed by atoms with Crippen LogP contribution < -0.4 is 11.1 Å². The molecular formula is C9H15N5O. The number of nitrogens with zero attached hydrogens (tertiary/aromatic N) is 3. The van der Waals surface area contributed by atoms with E-state index in [1.54, 1.807) is 6.92 Å². The SMILES string of the molecule is CCCc1nc(N)nc(NC(=O)CC)n1. The number of carbonyl (C=O) groups excluding carboxylic acids is 1. The van der Waals surface area contributed by atoms with Gasteiger partial charge in [-0.25, -0.2) is 0 Å². The molecule has 1 heterocycles. The second-order valence-corrected chi connectivity index (χ2v) is 3.09. The number of rotatable bonds is 4. The zero-order valence-corrected chi connectivity index (χ0v) is 8.95. The van der Waals surface area contributed by atoms with Crippen LogP contribution in [-0.2, 0) is 11.2 Å². The molecule has 0 spiro atoms. The van der Waals surface area contributed by atoms with Crippen molar-refractivity contribution in [1.29, 1.82) is 0 Å². The maximum Gasteiger partial charge on any atom is 0.234 e. The molecule has 0 aliphatic carbocycles. The Hall–Kier alpha value is -1.72. The second kappa shape index (κ2) is 5.23. The molecule has 0 unspecified atom stereocenters. The molecule has 0 saturated carbocycles. The number of nitrogens with one attached hydrogen (secondary N) is 1. The Morgan fingerprint density at radius 1 is 1.33 bits per heavy atom. The summed E-state index contributed by atoms with van der Waals surface area (Å²) in [5, 5.41) is 2.55. The zero-order valence-electron chi connectivity index (χ0n) is 8.95. The van der Waals surface area contributed by atoms with Gasteiger partial charge in [0.2, 0.25) is 17.8 Å². The van der Waals surface area contributed by atoms with Crippen molar-refractivity contribution in [2.45, 2.75) is 33.1 Å². The second-order valence-electron chi connectivity index (χ2n) is 3.09. The summed E-state index contributed by atoms with van der Waals surface area (Å²) in [6.07, 6.45) is 2.03. The van der Waals surface area contributed by atoms with Gasteiger partial charge in [-0.1, -0.05) is 13.8 Å². The molecule has 0 fully saturated rings. The molecule has 0 atom stereocenters. The number of hydrogen-bond acceptors (Lipinski definition) is 5. The van der Waals surface area contributed by atoms with E-state index in [1.165, 1.54) is 0 Å². The van der Waals surface area contributed by atoms with Gasteiger partial charge in [0.1, 0.15) is 5.82 Å². The third-order valence-corrected chi connectivity index (χ3v) is 1.74. The van der Waals surface area contributed by atoms with Gasteiger partial charge in [-0.05, 0) is 6.42 Å². The van der Waals surface area contributed by atoms with Crippen molar-refractivity contribution < 1.29 is 4.79 Å². The minimum absolute atomic E-state index is 0.136. The van der Waals surface area contributed by atoms with Crippen LogP contribution in [0.4, 0.5) is 11.9 Å². The van der Waals surface area contributed by atoms with Gasteiger partial charge in [0.15, 0.2) is 0 Å². The highest BCUT2D eigenvalue weighted by Crippen LogP contribution is 2.04. The number of hydrogen-bond donors (Lipinski definition) is 2. The predicted octanol–water partition coefficient (Wildman–Crippen LogP) is 0.755. The van der Waals surface area contributed by atoms with Gasteiger partial charge in [0, 0.05) is 12.8 Å². The van der Waals surface area contributed by atoms with Crippen LogP contribution in [0.15, 0.2) is 0 Å². The molecule has 0 saturated heterocycles. The summed E-state index contributed by atoms with van der Waals surface area (Å²) in [6, 6.07) is 0. The smallest absolute Gasteiger partial charge is 0.234 e. The van der Waals surface area contributed by atoms with Crippen molar-refractivity contribution in [2.24, 2.45) is 0 Å². The van der Waals surface area contributed by atoms with Crippen LogP contribution in [0, 0.1) is 0 Å². The number of aryl methyl sites for hydroxylation is 1. The van der Waals surface area contributed by atoms with E-state index >= 15 is 0 Å². The molecule has 6 nitrogen and oxygen atoms in total. The van der Waals surface area contributed by atoms with Gasteiger partial charge in [-0.15, -0.1) is 0 Å². The zero-order chi connectivity index (χ0) is 11.3. The molecule has 1 aromatic rings. The average molecular weight is 209 g/mol. The first kappa shape index (κ1) is 11.4. The number of amides is 1. The fourth-order valence-corrected chi connectivity index (χ4v) is 1.04. The highest BCUT2D eigenvalue weighted by Gasteiger charge is 2.05. The van der Waals surface area contributed by atoms with Crippen molar-refractivity contribution in [3.05, 3.63) is 5.82 Å². The summed E-state index contributed by atoms with van der Waals surface area (Å²) in [5.41, 5.74) is 5.49. The maximum atomic E-state index is 11.1. The van der Waals surface area contributed by atoms with Gasteiger partial charge < -0.3 is 5.73 Å². The molecule has 6 heteroatoms. The molecule has 1 aromatic heterocycles. The topological polar surface area (TPSA) is 93.8 Å². The first-order chi connectivity index (χ1) is 7.15. The summed E-state index contributed by atoms with van der Waals surface area (Å²) < 4.78 is 0. The summed E-state index contributed by atoms with van der Waals surface area (Å²) >= 11 is 0. The quantitative estimate of drug-likeness (QED) is 0.763. The Labute approximate surface area is 88.3 Å². The number of nitrogen functional groups attached to an aromatic ring is 1. The van der Waals surface area contributed by atoms with Gasteiger partial charge in [0.05, 0.1) is 0 Å². The maximum absolute atomic E-state index is 11.1. The van der Waals surface area contributed by atoms with Crippen LogP contribution in [-0.4, -0.2) is 20.9 Å². The highest BCUT2D eigenvalue weighted by molar-refractivity contribution is 5.88. The van der Waals surface area contributed by atoms with Crippen LogP contribution in [0.3, 0.4) is 0 Å². The lowest BCUT2D eigenvalue weighted by molar-refractivity contribution is -0.115. The molecular weight excluding hydrogens is 194 g/mol. The lowest BCUT2D eigenvalue weighted by Crippen LogP contribution is -2.15. The van der Waals surface area contributed by atoms with Crippen molar-refractivity contribution in [3.63, 3.8) is 0 Å². The predicted molar refractivity (Wildman–Crippen MR) is 57.2 cm³/mol. The number of nitrogens with two attached hydrogens (primary N) is 1. The van der Waals surface area contributed by atoms with Crippen LogP contribution in [0.1, 0.15) is 32.5 Å². The Morgan fingerprint density at radius 2 is 2.07 bits per heavy atom.